The number of aliphatic carboxylic acids is 1. The van der Waals surface area contributed by atoms with Crippen LogP contribution in [0.25, 0.3) is 0 Å². The van der Waals surface area contributed by atoms with Gasteiger partial charge in [-0.1, -0.05) is 10.0 Å². The van der Waals surface area contributed by atoms with E-state index < -0.39 is 27.8 Å². The molecule has 100 valence electrons. The minimum atomic E-state index is -4.20. The number of carboxylic acid groups (broad SMARTS) is 1. The first-order chi connectivity index (χ1) is 8.80. The standard InChI is InChI=1S/C10H10N4O4S.Na/c11-8-2-1-6(5-13-8)7-3-4-14(19(12,17)18)9(7)10(15)16;/h1-5,7H,(H4-,11,12,13,15,16,17,18);/q;+1. The Balaban J connectivity index is 0.00000200. The zero-order valence-electron chi connectivity index (χ0n) is 10.6. The Morgan fingerprint density at radius 2 is 2.05 bits per heavy atom. The van der Waals surface area contributed by atoms with E-state index in [-0.39, 0.29) is 35.4 Å². The molecule has 8 nitrogen and oxygen atoms in total. The Morgan fingerprint density at radius 1 is 1.40 bits per heavy atom. The van der Waals surface area contributed by atoms with Gasteiger partial charge in [0.05, 0.1) is 5.92 Å². The van der Waals surface area contributed by atoms with Gasteiger partial charge in [0.1, 0.15) is 11.8 Å². The smallest absolute Gasteiger partial charge is 0.540 e. The minimum absolute atomic E-state index is 0. The summed E-state index contributed by atoms with van der Waals surface area (Å²) >= 11 is 0. The molecule has 20 heavy (non-hydrogen) atoms. The maximum atomic E-state index is 11.3. The molecular weight excluding hydrogens is 295 g/mol. The Bertz CT molecular complexity index is 696. The van der Waals surface area contributed by atoms with Gasteiger partial charge in [0.2, 0.25) is 5.71 Å². The number of hydrogen-bond donors (Lipinski definition) is 2. The zero-order valence-corrected chi connectivity index (χ0v) is 13.4. The number of carbonyl (C=O) groups is 1. The van der Waals surface area contributed by atoms with E-state index in [1.807, 2.05) is 0 Å². The summed E-state index contributed by atoms with van der Waals surface area (Å²) in [7, 11) is -4.20. The largest absolute Gasteiger partial charge is 1.00 e. The molecule has 0 amide bonds. The van der Waals surface area contributed by atoms with Gasteiger partial charge < -0.3 is 15.6 Å². The number of aromatic nitrogens is 1. The number of nitrogens with zero attached hydrogens (tertiary/aromatic N) is 2. The Kier molecular flexibility index (Phi) is 5.05. The van der Waals surface area contributed by atoms with Crippen LogP contribution in [0.15, 0.2) is 30.6 Å². The van der Waals surface area contributed by atoms with Crippen LogP contribution in [-0.4, -0.2) is 29.1 Å². The fourth-order valence-electron chi connectivity index (χ4n) is 1.78. The summed E-state index contributed by atoms with van der Waals surface area (Å²) in [4.78, 5) is 14.9. The average molecular weight is 305 g/mol. The molecule has 0 aromatic carbocycles. The summed E-state index contributed by atoms with van der Waals surface area (Å²) < 4.78 is 23.0. The monoisotopic (exact) mass is 305 g/mol. The third-order valence-corrected chi connectivity index (χ3v) is 3.46. The summed E-state index contributed by atoms with van der Waals surface area (Å²) in [6.07, 6.45) is 3.81. The summed E-state index contributed by atoms with van der Waals surface area (Å²) in [6.45, 7) is 0. The molecule has 0 fully saturated rings. The Labute approximate surface area is 137 Å². The van der Waals surface area contributed by atoms with Gasteiger partial charge in [-0.15, -0.1) is 8.42 Å². The van der Waals surface area contributed by atoms with Crippen LogP contribution >= 0.6 is 0 Å². The van der Waals surface area contributed by atoms with E-state index in [9.17, 15) is 18.3 Å². The number of anilines is 1. The maximum Gasteiger partial charge on any atom is 1.00 e. The van der Waals surface area contributed by atoms with Crippen molar-refractivity contribution in [2.45, 2.75) is 5.92 Å². The van der Waals surface area contributed by atoms with Crippen molar-refractivity contribution in [2.24, 2.45) is 5.14 Å². The van der Waals surface area contributed by atoms with Crippen LogP contribution < -0.4 is 45.5 Å². The Morgan fingerprint density at radius 3 is 2.50 bits per heavy atom. The fourth-order valence-corrected chi connectivity index (χ4v) is 2.48. The van der Waals surface area contributed by atoms with Crippen LogP contribution in [0.1, 0.15) is 11.5 Å². The van der Waals surface area contributed by atoms with Crippen molar-refractivity contribution in [1.82, 2.24) is 4.98 Å². The molecule has 0 saturated heterocycles. The molecule has 0 bridgehead atoms. The number of hydrogen-bond acceptors (Lipinski definition) is 6. The number of pyridine rings is 1. The molecule has 1 aromatic rings. The molecule has 2 heterocycles. The molecule has 1 unspecified atom stereocenters. The maximum absolute atomic E-state index is 11.3. The van der Waals surface area contributed by atoms with E-state index in [1.165, 1.54) is 18.3 Å². The molecule has 4 N–H and O–H groups in total. The molecule has 1 aromatic heterocycles. The van der Waals surface area contributed by atoms with Crippen molar-refractivity contribution < 1.29 is 51.9 Å². The second-order valence-electron chi connectivity index (χ2n) is 3.85. The topological polar surface area (TPSA) is 142 Å². The normalized spacial score (nSPS) is 17.9. The first-order valence-electron chi connectivity index (χ1n) is 5.11. The van der Waals surface area contributed by atoms with Crippen molar-refractivity contribution in [3.8, 4) is 0 Å². The summed E-state index contributed by atoms with van der Waals surface area (Å²) in [5.74, 6) is -2.17. The summed E-state index contributed by atoms with van der Waals surface area (Å²) in [5.41, 5.74) is 5.42. The molecule has 0 saturated carbocycles. The SMILES string of the molecule is Nc1ccc(C2C=C[N+](S(N)(=O)=O)=C2C(=O)[O-])cn1.[Na+]. The zero-order chi connectivity index (χ0) is 14.2. The van der Waals surface area contributed by atoms with Gasteiger partial charge in [0.15, 0.2) is 6.20 Å². The van der Waals surface area contributed by atoms with Crippen molar-refractivity contribution in [3.63, 3.8) is 0 Å². The molecule has 2 rings (SSSR count). The van der Waals surface area contributed by atoms with Gasteiger partial charge >= 0.3 is 39.8 Å². The molecule has 1 aliphatic heterocycles. The van der Waals surface area contributed by atoms with Gasteiger partial charge in [-0.3, -0.25) is 0 Å². The van der Waals surface area contributed by atoms with E-state index in [0.29, 0.717) is 9.54 Å². The number of nitrogen functional groups attached to an aromatic ring is 1. The van der Waals surface area contributed by atoms with Crippen molar-refractivity contribution in [2.75, 3.05) is 5.73 Å². The van der Waals surface area contributed by atoms with Gasteiger partial charge in [-0.05, 0) is 17.7 Å². The number of rotatable bonds is 3. The minimum Gasteiger partial charge on any atom is -0.540 e. The molecule has 1 atom stereocenters. The van der Waals surface area contributed by atoms with Crippen LogP contribution in [0.4, 0.5) is 5.82 Å². The number of carboxylic acids is 1. The molecule has 0 aliphatic carbocycles. The van der Waals surface area contributed by atoms with Gasteiger partial charge in [0.25, 0.3) is 0 Å². The number of nitrogens with two attached hydrogens (primary N) is 2. The molecule has 10 heteroatoms. The first kappa shape index (κ1) is 16.8. The van der Waals surface area contributed by atoms with Crippen LogP contribution in [0.2, 0.25) is 0 Å². The van der Waals surface area contributed by atoms with Gasteiger partial charge in [-0.2, -0.15) is 5.14 Å². The van der Waals surface area contributed by atoms with E-state index >= 15 is 0 Å². The van der Waals surface area contributed by atoms with E-state index in [0.717, 1.165) is 6.20 Å². The fraction of sp³-hybridized carbons (Fsp3) is 0.100. The molecular formula is C10H10N4NaO4S+. The van der Waals surface area contributed by atoms with Crippen LogP contribution in [0, 0.1) is 0 Å². The second-order valence-corrected chi connectivity index (χ2v) is 5.27. The van der Waals surface area contributed by atoms with Crippen molar-refractivity contribution in [1.29, 1.82) is 0 Å². The number of carbonyl (C=O) groups excluding carboxylic acids is 1. The van der Waals surface area contributed by atoms with Crippen LogP contribution in [0.5, 0.6) is 0 Å². The Hall–Kier alpha value is -1.26. The first-order valence-corrected chi connectivity index (χ1v) is 6.61. The van der Waals surface area contributed by atoms with E-state index in [1.54, 1.807) is 6.07 Å². The summed E-state index contributed by atoms with van der Waals surface area (Å²) in [5, 5.41) is 16.0. The average Bonchev–Trinajstić information content (AvgIpc) is 2.74. The van der Waals surface area contributed by atoms with Gasteiger partial charge in [0, 0.05) is 6.20 Å². The van der Waals surface area contributed by atoms with E-state index in [4.69, 9.17) is 10.9 Å². The number of allylic oxidation sites excluding steroid dienone is 1. The molecule has 0 radical (unpaired) electrons. The van der Waals surface area contributed by atoms with Gasteiger partial charge in [-0.25, -0.2) is 4.98 Å². The predicted octanol–water partition coefficient (Wildman–Crippen LogP) is -5.31. The third-order valence-electron chi connectivity index (χ3n) is 2.60. The molecule has 1 aliphatic rings. The predicted molar refractivity (Wildman–Crippen MR) is 63.9 cm³/mol. The summed E-state index contributed by atoms with van der Waals surface area (Å²) in [6, 6.07) is 3.03. The second kappa shape index (κ2) is 6.02. The van der Waals surface area contributed by atoms with Crippen molar-refractivity contribution in [3.05, 3.63) is 36.2 Å². The quantitative estimate of drug-likeness (QED) is 0.422. The van der Waals surface area contributed by atoms with Crippen LogP contribution in [-0.2, 0) is 15.0 Å². The third kappa shape index (κ3) is 3.25. The molecule has 0 spiro atoms. The van der Waals surface area contributed by atoms with Crippen molar-refractivity contribution >= 4 is 27.7 Å². The van der Waals surface area contributed by atoms with E-state index in [2.05, 4.69) is 4.98 Å². The van der Waals surface area contributed by atoms with Crippen LogP contribution in [0.3, 0.4) is 0 Å².